The molecule has 0 amide bonds. The standard InChI is InChI=1S/C14H16O6S/c1-18-7-11(14(17)19-2)20-10-6-4-5-9(8-21-3)12(10)13(15)16/h4-7H,8H2,1-3H3,(H,15,16)/b11-7+. The zero-order valence-electron chi connectivity index (χ0n) is 11.9. The van der Waals surface area contributed by atoms with Crippen LogP contribution >= 0.6 is 11.8 Å². The summed E-state index contributed by atoms with van der Waals surface area (Å²) >= 11 is 1.49. The van der Waals surface area contributed by atoms with Crippen molar-refractivity contribution in [3.63, 3.8) is 0 Å². The third-order valence-electron chi connectivity index (χ3n) is 2.46. The first-order valence-corrected chi connectivity index (χ1v) is 7.27. The number of thioether (sulfide) groups is 1. The molecule has 1 aromatic carbocycles. The third kappa shape index (κ3) is 4.42. The summed E-state index contributed by atoms with van der Waals surface area (Å²) in [7, 11) is 2.53. The number of benzene rings is 1. The van der Waals surface area contributed by atoms with Crippen molar-refractivity contribution >= 4 is 23.7 Å². The van der Waals surface area contributed by atoms with Gasteiger partial charge in [0.1, 0.15) is 17.6 Å². The lowest BCUT2D eigenvalue weighted by molar-refractivity contribution is -0.138. The van der Waals surface area contributed by atoms with E-state index < -0.39 is 11.9 Å². The van der Waals surface area contributed by atoms with E-state index in [1.807, 2.05) is 6.26 Å². The predicted molar refractivity (Wildman–Crippen MR) is 78.4 cm³/mol. The molecule has 0 atom stereocenters. The maximum atomic E-state index is 11.6. The normalized spacial score (nSPS) is 10.9. The first-order valence-electron chi connectivity index (χ1n) is 5.88. The fourth-order valence-electron chi connectivity index (χ4n) is 1.62. The zero-order chi connectivity index (χ0) is 15.8. The van der Waals surface area contributed by atoms with Gasteiger partial charge in [0.05, 0.1) is 14.2 Å². The maximum Gasteiger partial charge on any atom is 0.377 e. The van der Waals surface area contributed by atoms with Gasteiger partial charge in [0.25, 0.3) is 0 Å². The van der Waals surface area contributed by atoms with Crippen LogP contribution < -0.4 is 4.74 Å². The molecule has 0 saturated carbocycles. The summed E-state index contributed by atoms with van der Waals surface area (Å²) in [6.07, 6.45) is 2.92. The average Bonchev–Trinajstić information content (AvgIpc) is 2.46. The van der Waals surface area contributed by atoms with E-state index in [1.54, 1.807) is 12.1 Å². The fourth-order valence-corrected chi connectivity index (χ4v) is 2.17. The number of carbonyl (C=O) groups is 2. The van der Waals surface area contributed by atoms with E-state index in [0.29, 0.717) is 11.3 Å². The summed E-state index contributed by atoms with van der Waals surface area (Å²) in [6, 6.07) is 4.83. The van der Waals surface area contributed by atoms with E-state index in [2.05, 4.69) is 4.74 Å². The summed E-state index contributed by atoms with van der Waals surface area (Å²) in [6.45, 7) is 0. The van der Waals surface area contributed by atoms with Crippen LogP contribution in [0, 0.1) is 0 Å². The van der Waals surface area contributed by atoms with Crippen LogP contribution in [0.3, 0.4) is 0 Å². The van der Waals surface area contributed by atoms with Gasteiger partial charge in [-0.2, -0.15) is 11.8 Å². The summed E-state index contributed by atoms with van der Waals surface area (Å²) in [5, 5.41) is 9.36. The third-order valence-corrected chi connectivity index (χ3v) is 3.06. The molecule has 1 aromatic rings. The highest BCUT2D eigenvalue weighted by molar-refractivity contribution is 7.97. The van der Waals surface area contributed by atoms with E-state index in [-0.39, 0.29) is 17.1 Å². The molecule has 7 heteroatoms. The molecule has 0 heterocycles. The minimum Gasteiger partial charge on any atom is -0.500 e. The first-order chi connectivity index (χ1) is 10.0. The molecule has 0 unspecified atom stereocenters. The minimum atomic E-state index is -1.13. The Kier molecular flexibility index (Phi) is 6.61. The van der Waals surface area contributed by atoms with Gasteiger partial charge in [-0.25, -0.2) is 9.59 Å². The number of hydrogen-bond acceptors (Lipinski definition) is 6. The Hall–Kier alpha value is -2.15. The topological polar surface area (TPSA) is 82.1 Å². The molecule has 0 aliphatic carbocycles. The molecule has 21 heavy (non-hydrogen) atoms. The lowest BCUT2D eigenvalue weighted by Gasteiger charge is -2.13. The van der Waals surface area contributed by atoms with Crippen molar-refractivity contribution in [3.8, 4) is 5.75 Å². The fraction of sp³-hybridized carbons (Fsp3) is 0.286. The van der Waals surface area contributed by atoms with Crippen LogP contribution in [0.5, 0.6) is 5.75 Å². The van der Waals surface area contributed by atoms with Gasteiger partial charge in [0.15, 0.2) is 0 Å². The number of carbonyl (C=O) groups excluding carboxylic acids is 1. The van der Waals surface area contributed by atoms with Crippen molar-refractivity contribution in [2.45, 2.75) is 5.75 Å². The summed E-state index contributed by atoms with van der Waals surface area (Å²) in [5.74, 6) is -1.55. The molecule has 0 aliphatic heterocycles. The first kappa shape index (κ1) is 16.9. The van der Waals surface area contributed by atoms with Gasteiger partial charge in [0, 0.05) is 5.75 Å². The maximum absolute atomic E-state index is 11.6. The molecule has 1 N–H and O–H groups in total. The van der Waals surface area contributed by atoms with Crippen molar-refractivity contribution in [2.24, 2.45) is 0 Å². The van der Waals surface area contributed by atoms with Crippen molar-refractivity contribution in [1.29, 1.82) is 0 Å². The zero-order valence-corrected chi connectivity index (χ0v) is 12.7. The quantitative estimate of drug-likeness (QED) is 0.470. The van der Waals surface area contributed by atoms with Crippen molar-refractivity contribution in [2.75, 3.05) is 20.5 Å². The van der Waals surface area contributed by atoms with E-state index in [9.17, 15) is 14.7 Å². The van der Waals surface area contributed by atoms with Gasteiger partial charge in [0.2, 0.25) is 5.76 Å². The van der Waals surface area contributed by atoms with Gasteiger partial charge >= 0.3 is 11.9 Å². The Balaban J connectivity index is 3.23. The highest BCUT2D eigenvalue weighted by atomic mass is 32.2. The number of carboxylic acid groups (broad SMARTS) is 1. The van der Waals surface area contributed by atoms with Crippen molar-refractivity contribution < 1.29 is 28.9 Å². The minimum absolute atomic E-state index is 0.0118. The molecular formula is C14H16O6S. The van der Waals surface area contributed by atoms with E-state index in [1.165, 1.54) is 32.0 Å². The van der Waals surface area contributed by atoms with Gasteiger partial charge in [-0.1, -0.05) is 12.1 Å². The van der Waals surface area contributed by atoms with Gasteiger partial charge in [-0.05, 0) is 17.9 Å². The van der Waals surface area contributed by atoms with Crippen LogP contribution in [0.2, 0.25) is 0 Å². The summed E-state index contributed by atoms with van der Waals surface area (Å²) in [4.78, 5) is 23.0. The molecule has 0 aromatic heterocycles. The van der Waals surface area contributed by atoms with Crippen LogP contribution in [0.15, 0.2) is 30.2 Å². The molecule has 6 nitrogen and oxygen atoms in total. The van der Waals surface area contributed by atoms with Crippen LogP contribution in [-0.4, -0.2) is 37.5 Å². The Morgan fingerprint density at radius 1 is 1.33 bits per heavy atom. The number of aromatic carboxylic acids is 1. The van der Waals surface area contributed by atoms with Crippen LogP contribution in [0.1, 0.15) is 15.9 Å². The number of esters is 1. The Morgan fingerprint density at radius 3 is 2.57 bits per heavy atom. The molecule has 0 saturated heterocycles. The van der Waals surface area contributed by atoms with Crippen LogP contribution in [0.4, 0.5) is 0 Å². The second-order valence-corrected chi connectivity index (χ2v) is 4.71. The number of carboxylic acids is 1. The number of hydrogen-bond donors (Lipinski definition) is 1. The monoisotopic (exact) mass is 312 g/mol. The Morgan fingerprint density at radius 2 is 2.05 bits per heavy atom. The molecule has 0 aliphatic rings. The molecule has 1 rings (SSSR count). The summed E-state index contributed by atoms with van der Waals surface area (Å²) < 4.78 is 14.6. The molecule has 0 radical (unpaired) electrons. The van der Waals surface area contributed by atoms with E-state index in [4.69, 9.17) is 9.47 Å². The number of methoxy groups -OCH3 is 2. The largest absolute Gasteiger partial charge is 0.500 e. The molecular weight excluding hydrogens is 296 g/mol. The lowest BCUT2D eigenvalue weighted by atomic mass is 10.1. The smallest absolute Gasteiger partial charge is 0.377 e. The number of ether oxygens (including phenoxy) is 3. The Labute approximate surface area is 126 Å². The molecule has 0 fully saturated rings. The van der Waals surface area contributed by atoms with Gasteiger partial charge < -0.3 is 19.3 Å². The van der Waals surface area contributed by atoms with Crippen LogP contribution in [0.25, 0.3) is 0 Å². The highest BCUT2D eigenvalue weighted by Crippen LogP contribution is 2.27. The predicted octanol–water partition coefficient (Wildman–Crippen LogP) is 2.29. The molecule has 0 spiro atoms. The molecule has 0 bridgehead atoms. The Bertz CT molecular complexity index is 552. The SMILES string of the molecule is CO/C=C(/Oc1cccc(CSC)c1C(=O)O)C(=O)OC. The van der Waals surface area contributed by atoms with E-state index >= 15 is 0 Å². The highest BCUT2D eigenvalue weighted by Gasteiger charge is 2.20. The van der Waals surface area contributed by atoms with E-state index in [0.717, 1.165) is 6.26 Å². The summed E-state index contributed by atoms with van der Waals surface area (Å²) in [5.41, 5.74) is 0.617. The van der Waals surface area contributed by atoms with Crippen molar-refractivity contribution in [1.82, 2.24) is 0 Å². The van der Waals surface area contributed by atoms with Crippen LogP contribution in [-0.2, 0) is 20.0 Å². The molecule has 114 valence electrons. The lowest BCUT2D eigenvalue weighted by Crippen LogP contribution is -2.14. The number of rotatable bonds is 7. The van der Waals surface area contributed by atoms with Crippen molar-refractivity contribution in [3.05, 3.63) is 41.3 Å². The van der Waals surface area contributed by atoms with Gasteiger partial charge in [-0.3, -0.25) is 0 Å². The van der Waals surface area contributed by atoms with Gasteiger partial charge in [-0.15, -0.1) is 0 Å². The average molecular weight is 312 g/mol. The second kappa shape index (κ2) is 8.21. The second-order valence-electron chi connectivity index (χ2n) is 3.84.